The van der Waals surface area contributed by atoms with Gasteiger partial charge in [-0.15, -0.1) is 0 Å². The lowest BCUT2D eigenvalue weighted by Gasteiger charge is -2.35. The second-order valence-corrected chi connectivity index (χ2v) is 8.63. The Labute approximate surface area is 198 Å². The third-order valence-electron chi connectivity index (χ3n) is 6.12. The lowest BCUT2D eigenvalue weighted by Crippen LogP contribution is -2.45. The van der Waals surface area contributed by atoms with Gasteiger partial charge in [0.15, 0.2) is 0 Å². The van der Waals surface area contributed by atoms with Crippen molar-refractivity contribution in [2.75, 3.05) is 56.7 Å². The van der Waals surface area contributed by atoms with E-state index in [9.17, 15) is 14.9 Å². The molecule has 1 unspecified atom stereocenters. The average Bonchev–Trinajstić information content (AvgIpc) is 3.20. The van der Waals surface area contributed by atoms with Crippen LogP contribution in [0.25, 0.3) is 0 Å². The highest BCUT2D eigenvalue weighted by Gasteiger charge is 2.26. The zero-order chi connectivity index (χ0) is 23.4. The number of hydrogen-bond donors (Lipinski definition) is 2. The van der Waals surface area contributed by atoms with Gasteiger partial charge >= 0.3 is 11.8 Å². The van der Waals surface area contributed by atoms with E-state index in [4.69, 9.17) is 16.3 Å². The number of carbonyl (C=O) groups is 2. The molecule has 2 aliphatic heterocycles. The van der Waals surface area contributed by atoms with Crippen LogP contribution in [0.4, 0.5) is 11.4 Å². The van der Waals surface area contributed by atoms with Crippen molar-refractivity contribution in [1.29, 1.82) is 5.26 Å². The highest BCUT2D eigenvalue weighted by atomic mass is 35.5. The number of nitrogens with one attached hydrogen (secondary N) is 2. The van der Waals surface area contributed by atoms with Gasteiger partial charge in [0.1, 0.15) is 6.07 Å². The van der Waals surface area contributed by atoms with E-state index in [0.717, 1.165) is 31.6 Å². The number of morpholine rings is 1. The zero-order valence-electron chi connectivity index (χ0n) is 18.4. The van der Waals surface area contributed by atoms with E-state index < -0.39 is 11.8 Å². The first-order valence-corrected chi connectivity index (χ1v) is 11.3. The van der Waals surface area contributed by atoms with E-state index in [1.807, 2.05) is 6.07 Å². The molecule has 33 heavy (non-hydrogen) atoms. The SMILES string of the molecule is CN1CCc2cc(C(CNC(=O)C(=O)Nc3cc(Cl)ccc3C#N)N3CCOCC3)ccc21. The second kappa shape index (κ2) is 10.2. The van der Waals surface area contributed by atoms with Crippen molar-refractivity contribution < 1.29 is 14.3 Å². The fraction of sp³-hybridized carbons (Fsp3) is 0.375. The molecule has 1 atom stereocenters. The summed E-state index contributed by atoms with van der Waals surface area (Å²) >= 11 is 5.96. The quantitative estimate of drug-likeness (QED) is 0.655. The van der Waals surface area contributed by atoms with Crippen LogP contribution in [0.3, 0.4) is 0 Å². The smallest absolute Gasteiger partial charge is 0.313 e. The molecule has 0 aliphatic carbocycles. The van der Waals surface area contributed by atoms with E-state index in [0.29, 0.717) is 18.2 Å². The Hall–Kier alpha value is -3.12. The van der Waals surface area contributed by atoms with Crippen molar-refractivity contribution in [3.05, 3.63) is 58.1 Å². The predicted octanol–water partition coefficient (Wildman–Crippen LogP) is 2.33. The number of likely N-dealkylation sites (N-methyl/N-ethyl adjacent to an activating group) is 1. The average molecular weight is 468 g/mol. The number of benzene rings is 2. The molecular weight excluding hydrogens is 442 g/mol. The third kappa shape index (κ3) is 5.28. The van der Waals surface area contributed by atoms with Crippen LogP contribution in [0.5, 0.6) is 0 Å². The molecule has 2 aromatic rings. The van der Waals surface area contributed by atoms with E-state index >= 15 is 0 Å². The molecule has 4 rings (SSSR count). The molecule has 0 spiro atoms. The summed E-state index contributed by atoms with van der Waals surface area (Å²) in [5.74, 6) is -1.61. The Balaban J connectivity index is 1.47. The molecule has 1 fully saturated rings. The molecule has 2 amide bonds. The van der Waals surface area contributed by atoms with Gasteiger partial charge in [-0.05, 0) is 41.8 Å². The highest BCUT2D eigenvalue weighted by molar-refractivity contribution is 6.40. The molecule has 0 aromatic heterocycles. The fourth-order valence-electron chi connectivity index (χ4n) is 4.31. The molecule has 2 N–H and O–H groups in total. The molecule has 172 valence electrons. The van der Waals surface area contributed by atoms with Crippen LogP contribution in [0.15, 0.2) is 36.4 Å². The summed E-state index contributed by atoms with van der Waals surface area (Å²) in [6.07, 6.45) is 0.991. The Morgan fingerprint density at radius 2 is 1.94 bits per heavy atom. The molecule has 9 heteroatoms. The first-order valence-electron chi connectivity index (χ1n) is 10.9. The second-order valence-electron chi connectivity index (χ2n) is 8.19. The lowest BCUT2D eigenvalue weighted by molar-refractivity contribution is -0.136. The summed E-state index contributed by atoms with van der Waals surface area (Å²) in [6.45, 7) is 4.03. The first kappa shape index (κ1) is 23.1. The van der Waals surface area contributed by atoms with Crippen molar-refractivity contribution in [3.63, 3.8) is 0 Å². The number of nitrogens with zero attached hydrogens (tertiary/aromatic N) is 3. The van der Waals surface area contributed by atoms with Crippen molar-refractivity contribution in [2.45, 2.75) is 12.5 Å². The molecule has 1 saturated heterocycles. The van der Waals surface area contributed by atoms with Crippen molar-refractivity contribution in [2.24, 2.45) is 0 Å². The Morgan fingerprint density at radius 3 is 2.70 bits per heavy atom. The number of nitriles is 1. The molecule has 8 nitrogen and oxygen atoms in total. The van der Waals surface area contributed by atoms with Gasteiger partial charge in [-0.25, -0.2) is 0 Å². The largest absolute Gasteiger partial charge is 0.379 e. The van der Waals surface area contributed by atoms with Crippen molar-refractivity contribution in [3.8, 4) is 6.07 Å². The van der Waals surface area contributed by atoms with Crippen LogP contribution >= 0.6 is 11.6 Å². The van der Waals surface area contributed by atoms with Gasteiger partial charge in [-0.1, -0.05) is 23.7 Å². The fourth-order valence-corrected chi connectivity index (χ4v) is 4.48. The summed E-state index contributed by atoms with van der Waals surface area (Å²) in [5.41, 5.74) is 4.07. The normalized spacial score (nSPS) is 16.6. The van der Waals surface area contributed by atoms with E-state index in [-0.39, 0.29) is 23.8 Å². The van der Waals surface area contributed by atoms with E-state index in [2.05, 4.69) is 45.7 Å². The van der Waals surface area contributed by atoms with Gasteiger partial charge in [-0.2, -0.15) is 5.26 Å². The minimum absolute atomic E-state index is 0.0808. The zero-order valence-corrected chi connectivity index (χ0v) is 19.2. The van der Waals surface area contributed by atoms with E-state index in [1.165, 1.54) is 23.4 Å². The Morgan fingerprint density at radius 1 is 1.15 bits per heavy atom. The van der Waals surface area contributed by atoms with Crippen LogP contribution < -0.4 is 15.5 Å². The summed E-state index contributed by atoms with van der Waals surface area (Å²) < 4.78 is 5.50. The summed E-state index contributed by atoms with van der Waals surface area (Å²) in [7, 11) is 2.08. The molecule has 2 aromatic carbocycles. The van der Waals surface area contributed by atoms with Crippen LogP contribution in [0.1, 0.15) is 22.7 Å². The van der Waals surface area contributed by atoms with Crippen molar-refractivity contribution >= 4 is 34.8 Å². The van der Waals surface area contributed by atoms with Gasteiger partial charge in [0.2, 0.25) is 0 Å². The molecular formula is C24H26ClN5O3. The summed E-state index contributed by atoms with van der Waals surface area (Å²) in [4.78, 5) is 29.6. The molecule has 0 bridgehead atoms. The maximum Gasteiger partial charge on any atom is 0.313 e. The first-order chi connectivity index (χ1) is 16.0. The number of amides is 2. The number of hydrogen-bond acceptors (Lipinski definition) is 6. The highest BCUT2D eigenvalue weighted by Crippen LogP contribution is 2.31. The third-order valence-corrected chi connectivity index (χ3v) is 6.35. The number of halogens is 1. The number of ether oxygens (including phenoxy) is 1. The Bertz CT molecular complexity index is 1090. The monoisotopic (exact) mass is 467 g/mol. The molecule has 0 saturated carbocycles. The van der Waals surface area contributed by atoms with E-state index in [1.54, 1.807) is 6.07 Å². The van der Waals surface area contributed by atoms with Crippen LogP contribution in [-0.4, -0.2) is 63.2 Å². The van der Waals surface area contributed by atoms with Crippen molar-refractivity contribution in [1.82, 2.24) is 10.2 Å². The maximum atomic E-state index is 12.6. The molecule has 2 heterocycles. The molecule has 0 radical (unpaired) electrons. The number of fused-ring (bicyclic) bond motifs is 1. The number of rotatable bonds is 5. The van der Waals surface area contributed by atoms with Crippen LogP contribution in [0, 0.1) is 11.3 Å². The minimum atomic E-state index is -0.843. The number of anilines is 2. The number of carbonyl (C=O) groups excluding carboxylic acids is 2. The lowest BCUT2D eigenvalue weighted by atomic mass is 10.0. The van der Waals surface area contributed by atoms with Crippen LogP contribution in [-0.2, 0) is 20.7 Å². The van der Waals surface area contributed by atoms with Gasteiger partial charge in [-0.3, -0.25) is 14.5 Å². The Kier molecular flexibility index (Phi) is 7.14. The van der Waals surface area contributed by atoms with Gasteiger partial charge in [0.25, 0.3) is 0 Å². The predicted molar refractivity (Wildman–Crippen MR) is 126 cm³/mol. The summed E-state index contributed by atoms with van der Waals surface area (Å²) in [5, 5.41) is 14.8. The molecule has 2 aliphatic rings. The maximum absolute atomic E-state index is 12.6. The van der Waals surface area contributed by atoms with Gasteiger partial charge in [0, 0.05) is 43.9 Å². The van der Waals surface area contributed by atoms with Gasteiger partial charge in [0.05, 0.1) is 30.5 Å². The van der Waals surface area contributed by atoms with Crippen LogP contribution in [0.2, 0.25) is 5.02 Å². The summed E-state index contributed by atoms with van der Waals surface area (Å²) in [6, 6.07) is 12.8. The topological polar surface area (TPSA) is 97.7 Å². The standard InChI is InChI=1S/C24H26ClN5O3/c1-29-7-6-17-12-16(3-5-21(17)29)22(30-8-10-33-11-9-30)15-27-23(31)24(32)28-20-13-19(25)4-2-18(20)14-26/h2-5,12-13,22H,6-11,15H2,1H3,(H,27,31)(H,28,32). The van der Waals surface area contributed by atoms with Gasteiger partial charge < -0.3 is 20.3 Å². The minimum Gasteiger partial charge on any atom is -0.379 e.